The lowest BCUT2D eigenvalue weighted by molar-refractivity contribution is -0.202. The Hall–Kier alpha value is -3.76. The molecule has 0 saturated heterocycles. The Morgan fingerprint density at radius 1 is 1.08 bits per heavy atom. The zero-order valence-corrected chi connectivity index (χ0v) is 19.4. The summed E-state index contributed by atoms with van der Waals surface area (Å²) in [5.74, 6) is -2.75. The van der Waals surface area contributed by atoms with Gasteiger partial charge in [0, 0.05) is 31.0 Å². The molecule has 1 aliphatic rings. The van der Waals surface area contributed by atoms with Gasteiger partial charge in [-0.2, -0.15) is 18.2 Å². The average Bonchev–Trinajstić information content (AvgIpc) is 3.30. The van der Waals surface area contributed by atoms with Crippen LogP contribution in [0, 0.1) is 0 Å². The number of alkyl halides is 3. The number of pyridine rings is 1. The molecular formula is C25H25F3N4O4. The highest BCUT2D eigenvalue weighted by molar-refractivity contribution is 5.88. The SMILES string of the molecule is O=C(CC(Cc1nc(CCCc2ccc3c(n2)NCCC3)no1)c1ccccc1)OC(=O)C(F)(F)F. The number of ether oxygens (including phenoxy) is 1. The van der Waals surface area contributed by atoms with E-state index in [0.717, 1.165) is 43.7 Å². The number of aryl methyl sites for hydroxylation is 3. The molecule has 190 valence electrons. The van der Waals surface area contributed by atoms with Crippen molar-refractivity contribution < 1.29 is 32.0 Å². The average molecular weight is 502 g/mol. The first-order valence-electron chi connectivity index (χ1n) is 11.7. The number of benzene rings is 1. The minimum Gasteiger partial charge on any atom is -0.386 e. The molecule has 1 N–H and O–H groups in total. The van der Waals surface area contributed by atoms with Crippen LogP contribution in [0.15, 0.2) is 47.0 Å². The highest BCUT2D eigenvalue weighted by Crippen LogP contribution is 2.26. The molecule has 8 nitrogen and oxygen atoms in total. The number of esters is 2. The fourth-order valence-corrected chi connectivity index (χ4v) is 4.06. The van der Waals surface area contributed by atoms with Crippen molar-refractivity contribution in [2.45, 2.75) is 57.0 Å². The summed E-state index contributed by atoms with van der Waals surface area (Å²) in [7, 11) is 0. The summed E-state index contributed by atoms with van der Waals surface area (Å²) in [5, 5.41) is 7.31. The van der Waals surface area contributed by atoms with E-state index >= 15 is 0 Å². The normalized spacial score (nSPS) is 14.0. The van der Waals surface area contributed by atoms with Crippen molar-refractivity contribution >= 4 is 17.8 Å². The van der Waals surface area contributed by atoms with Crippen molar-refractivity contribution in [3.05, 3.63) is 71.0 Å². The van der Waals surface area contributed by atoms with Gasteiger partial charge in [0.2, 0.25) is 5.89 Å². The van der Waals surface area contributed by atoms with Crippen LogP contribution in [0.2, 0.25) is 0 Å². The maximum Gasteiger partial charge on any atom is 0.491 e. The van der Waals surface area contributed by atoms with Crippen molar-refractivity contribution in [1.29, 1.82) is 0 Å². The molecule has 0 saturated carbocycles. The summed E-state index contributed by atoms with van der Waals surface area (Å²) < 4.78 is 46.6. The number of anilines is 1. The largest absolute Gasteiger partial charge is 0.491 e. The van der Waals surface area contributed by atoms with Gasteiger partial charge in [-0.1, -0.05) is 41.6 Å². The molecule has 1 unspecified atom stereocenters. The molecule has 3 heterocycles. The molecule has 0 spiro atoms. The van der Waals surface area contributed by atoms with Gasteiger partial charge in [-0.3, -0.25) is 4.79 Å². The van der Waals surface area contributed by atoms with Crippen LogP contribution in [0.3, 0.4) is 0 Å². The number of carbonyl (C=O) groups is 2. The van der Waals surface area contributed by atoms with Gasteiger partial charge in [-0.15, -0.1) is 0 Å². The second-order valence-corrected chi connectivity index (χ2v) is 8.57. The first-order valence-corrected chi connectivity index (χ1v) is 11.7. The van der Waals surface area contributed by atoms with Crippen molar-refractivity contribution in [3.63, 3.8) is 0 Å². The molecule has 36 heavy (non-hydrogen) atoms. The van der Waals surface area contributed by atoms with Gasteiger partial charge in [0.1, 0.15) is 5.82 Å². The lowest BCUT2D eigenvalue weighted by atomic mass is 9.92. The van der Waals surface area contributed by atoms with Crippen LogP contribution >= 0.6 is 0 Å². The van der Waals surface area contributed by atoms with Crippen molar-refractivity contribution in [2.24, 2.45) is 0 Å². The number of aromatic nitrogens is 3. The lowest BCUT2D eigenvalue weighted by Gasteiger charge is -2.17. The van der Waals surface area contributed by atoms with E-state index in [2.05, 4.69) is 31.2 Å². The van der Waals surface area contributed by atoms with E-state index in [1.54, 1.807) is 30.3 Å². The zero-order valence-electron chi connectivity index (χ0n) is 19.4. The third-order valence-electron chi connectivity index (χ3n) is 5.84. The Bertz CT molecular complexity index is 1200. The number of fused-ring (bicyclic) bond motifs is 1. The molecule has 0 bridgehead atoms. The summed E-state index contributed by atoms with van der Waals surface area (Å²) in [6.07, 6.45) is -1.43. The fourth-order valence-electron chi connectivity index (χ4n) is 4.06. The summed E-state index contributed by atoms with van der Waals surface area (Å²) in [4.78, 5) is 32.1. The lowest BCUT2D eigenvalue weighted by Crippen LogP contribution is -2.28. The predicted molar refractivity (Wildman–Crippen MR) is 122 cm³/mol. The molecule has 1 atom stereocenters. The monoisotopic (exact) mass is 502 g/mol. The second kappa shape index (κ2) is 11.3. The minimum atomic E-state index is -5.25. The Kier molecular flexibility index (Phi) is 7.97. The molecule has 0 amide bonds. The Balaban J connectivity index is 1.34. The molecule has 0 fully saturated rings. The van der Waals surface area contributed by atoms with Crippen molar-refractivity contribution in [2.75, 3.05) is 11.9 Å². The Morgan fingerprint density at radius 3 is 2.67 bits per heavy atom. The zero-order chi connectivity index (χ0) is 25.5. The number of nitrogens with one attached hydrogen (secondary N) is 1. The van der Waals surface area contributed by atoms with E-state index in [-0.39, 0.29) is 12.3 Å². The van der Waals surface area contributed by atoms with Crippen LogP contribution in [-0.2, 0) is 40.0 Å². The number of nitrogens with zero attached hydrogens (tertiary/aromatic N) is 3. The Labute approximate surface area is 205 Å². The molecule has 1 aliphatic heterocycles. The number of carbonyl (C=O) groups excluding carboxylic acids is 2. The molecule has 0 radical (unpaired) electrons. The second-order valence-electron chi connectivity index (χ2n) is 8.57. The van der Waals surface area contributed by atoms with Gasteiger partial charge in [0.05, 0.1) is 6.42 Å². The molecule has 11 heteroatoms. The van der Waals surface area contributed by atoms with Gasteiger partial charge in [0.25, 0.3) is 0 Å². The molecule has 2 aromatic heterocycles. The quantitative estimate of drug-likeness (QED) is 0.340. The third kappa shape index (κ3) is 6.89. The van der Waals surface area contributed by atoms with Crippen molar-refractivity contribution in [1.82, 2.24) is 15.1 Å². The van der Waals surface area contributed by atoms with E-state index in [4.69, 9.17) is 4.52 Å². The number of hydrogen-bond donors (Lipinski definition) is 1. The Morgan fingerprint density at radius 2 is 1.89 bits per heavy atom. The maximum absolute atomic E-state index is 12.4. The van der Waals surface area contributed by atoms with Crippen LogP contribution < -0.4 is 5.32 Å². The summed E-state index contributed by atoms with van der Waals surface area (Å²) in [6, 6.07) is 12.8. The van der Waals surface area contributed by atoms with E-state index < -0.39 is 30.5 Å². The minimum absolute atomic E-state index is 0.102. The molecule has 0 aliphatic carbocycles. The van der Waals surface area contributed by atoms with E-state index in [1.165, 1.54) is 5.56 Å². The number of halogens is 3. The first kappa shape index (κ1) is 25.3. The molecular weight excluding hydrogens is 477 g/mol. The molecule has 3 aromatic rings. The summed E-state index contributed by atoms with van der Waals surface area (Å²) in [5.41, 5.74) is 2.87. The maximum atomic E-state index is 12.4. The van der Waals surface area contributed by atoms with Crippen LogP contribution in [0.1, 0.15) is 53.7 Å². The van der Waals surface area contributed by atoms with Gasteiger partial charge < -0.3 is 14.6 Å². The topological polar surface area (TPSA) is 107 Å². The van der Waals surface area contributed by atoms with E-state index in [1.807, 2.05) is 6.07 Å². The molecule has 1 aromatic carbocycles. The van der Waals surface area contributed by atoms with Crippen LogP contribution in [-0.4, -0.2) is 39.8 Å². The summed E-state index contributed by atoms with van der Waals surface area (Å²) >= 11 is 0. The van der Waals surface area contributed by atoms with Crippen LogP contribution in [0.4, 0.5) is 19.0 Å². The first-order chi connectivity index (χ1) is 17.3. The molecule has 4 rings (SSSR count). The van der Waals surface area contributed by atoms with Gasteiger partial charge >= 0.3 is 18.1 Å². The predicted octanol–water partition coefficient (Wildman–Crippen LogP) is 4.35. The van der Waals surface area contributed by atoms with E-state index in [9.17, 15) is 22.8 Å². The van der Waals surface area contributed by atoms with Crippen LogP contribution in [0.5, 0.6) is 0 Å². The fraction of sp³-hybridized carbons (Fsp3) is 0.400. The highest BCUT2D eigenvalue weighted by Gasteiger charge is 2.42. The highest BCUT2D eigenvalue weighted by atomic mass is 19.4. The van der Waals surface area contributed by atoms with E-state index in [0.29, 0.717) is 17.8 Å². The number of hydrogen-bond acceptors (Lipinski definition) is 8. The van der Waals surface area contributed by atoms with Gasteiger partial charge in [-0.25, -0.2) is 9.78 Å². The summed E-state index contributed by atoms with van der Waals surface area (Å²) in [6.45, 7) is 0.926. The van der Waals surface area contributed by atoms with Gasteiger partial charge in [0.15, 0.2) is 5.82 Å². The number of rotatable bonds is 9. The van der Waals surface area contributed by atoms with Crippen LogP contribution in [0.25, 0.3) is 0 Å². The smallest absolute Gasteiger partial charge is 0.386 e. The third-order valence-corrected chi connectivity index (χ3v) is 5.84. The van der Waals surface area contributed by atoms with Crippen molar-refractivity contribution in [3.8, 4) is 0 Å². The van der Waals surface area contributed by atoms with Gasteiger partial charge in [-0.05, 0) is 42.9 Å². The standard InChI is InChI=1S/C25H25F3N4O4/c26-25(27,28)24(34)35-22(33)15-18(16-6-2-1-3-7-16)14-21-31-20(32-36-21)10-4-9-19-12-11-17-8-5-13-29-23(17)30-19/h1-3,6-7,11-12,18H,4-5,8-10,13-15H2,(H,29,30).